The Hall–Kier alpha value is -3.74. The van der Waals surface area contributed by atoms with Crippen molar-refractivity contribution in [3.05, 3.63) is 78.2 Å². The monoisotopic (exact) mass is 389 g/mol. The van der Waals surface area contributed by atoms with E-state index >= 15 is 0 Å². The number of hydrogen-bond acceptors (Lipinski definition) is 5. The SMILES string of the molecule is CCN(Cc1ccccc1)c1cnc(C(=O)Nc2cccc(NC(C)=O)c2)cn1. The number of hydrogen-bond donors (Lipinski definition) is 2. The van der Waals surface area contributed by atoms with E-state index in [2.05, 4.69) is 37.6 Å². The number of benzene rings is 2. The number of aromatic nitrogens is 2. The van der Waals surface area contributed by atoms with Crippen LogP contribution in [0.3, 0.4) is 0 Å². The Balaban J connectivity index is 1.67. The standard InChI is InChI=1S/C22H23N5O2/c1-3-27(15-17-8-5-4-6-9-17)21-14-23-20(13-24-21)22(29)26-19-11-7-10-18(12-19)25-16(2)28/h4-14H,3,15H2,1-2H3,(H,25,28)(H,26,29). The van der Waals surface area contributed by atoms with Crippen molar-refractivity contribution in [3.8, 4) is 0 Å². The van der Waals surface area contributed by atoms with Crippen LogP contribution in [0, 0.1) is 0 Å². The maximum absolute atomic E-state index is 12.5. The number of amides is 2. The van der Waals surface area contributed by atoms with Crippen molar-refractivity contribution in [1.29, 1.82) is 0 Å². The fourth-order valence-corrected chi connectivity index (χ4v) is 2.83. The summed E-state index contributed by atoms with van der Waals surface area (Å²) in [5.41, 5.74) is 2.56. The second-order valence-electron chi connectivity index (χ2n) is 6.48. The van der Waals surface area contributed by atoms with E-state index < -0.39 is 0 Å². The molecule has 0 fully saturated rings. The molecule has 2 N–H and O–H groups in total. The molecule has 1 aromatic heterocycles. The second-order valence-corrected chi connectivity index (χ2v) is 6.48. The van der Waals surface area contributed by atoms with Gasteiger partial charge in [-0.25, -0.2) is 9.97 Å². The van der Waals surface area contributed by atoms with Gasteiger partial charge in [-0.05, 0) is 30.7 Å². The van der Waals surface area contributed by atoms with Crippen LogP contribution in [-0.4, -0.2) is 28.3 Å². The van der Waals surface area contributed by atoms with Gasteiger partial charge in [0.05, 0.1) is 12.4 Å². The van der Waals surface area contributed by atoms with Crippen molar-refractivity contribution >= 4 is 29.0 Å². The zero-order valence-corrected chi connectivity index (χ0v) is 16.4. The Labute approximate surface area is 169 Å². The summed E-state index contributed by atoms with van der Waals surface area (Å²) in [5, 5.41) is 5.45. The van der Waals surface area contributed by atoms with Gasteiger partial charge in [0.25, 0.3) is 5.91 Å². The summed E-state index contributed by atoms with van der Waals surface area (Å²) < 4.78 is 0. The third-order valence-corrected chi connectivity index (χ3v) is 4.23. The summed E-state index contributed by atoms with van der Waals surface area (Å²) in [7, 11) is 0. The summed E-state index contributed by atoms with van der Waals surface area (Å²) in [4.78, 5) is 34.4. The van der Waals surface area contributed by atoms with Crippen LogP contribution >= 0.6 is 0 Å². The van der Waals surface area contributed by atoms with E-state index in [-0.39, 0.29) is 17.5 Å². The molecule has 0 aliphatic heterocycles. The van der Waals surface area contributed by atoms with Gasteiger partial charge < -0.3 is 15.5 Å². The molecule has 7 heteroatoms. The first-order valence-electron chi connectivity index (χ1n) is 9.35. The van der Waals surface area contributed by atoms with Crippen molar-refractivity contribution < 1.29 is 9.59 Å². The van der Waals surface area contributed by atoms with Crippen LogP contribution in [0.15, 0.2) is 67.0 Å². The van der Waals surface area contributed by atoms with Gasteiger partial charge in [-0.15, -0.1) is 0 Å². The molecule has 0 unspecified atom stereocenters. The molecule has 148 valence electrons. The molecule has 29 heavy (non-hydrogen) atoms. The fourth-order valence-electron chi connectivity index (χ4n) is 2.83. The smallest absolute Gasteiger partial charge is 0.275 e. The number of nitrogens with one attached hydrogen (secondary N) is 2. The molecular weight excluding hydrogens is 366 g/mol. The van der Waals surface area contributed by atoms with Gasteiger partial charge in [0.1, 0.15) is 11.5 Å². The Morgan fingerprint density at radius 3 is 2.28 bits per heavy atom. The van der Waals surface area contributed by atoms with Gasteiger partial charge >= 0.3 is 0 Å². The Kier molecular flexibility index (Phi) is 6.52. The van der Waals surface area contributed by atoms with Crippen molar-refractivity contribution in [2.24, 2.45) is 0 Å². The Morgan fingerprint density at radius 2 is 1.66 bits per heavy atom. The normalized spacial score (nSPS) is 10.3. The van der Waals surface area contributed by atoms with Crippen LogP contribution in [0.4, 0.5) is 17.2 Å². The highest BCUT2D eigenvalue weighted by molar-refractivity contribution is 6.03. The van der Waals surface area contributed by atoms with Gasteiger partial charge in [-0.3, -0.25) is 9.59 Å². The molecule has 3 aromatic rings. The molecule has 0 aliphatic rings. The number of nitrogens with zero attached hydrogens (tertiary/aromatic N) is 3. The van der Waals surface area contributed by atoms with Crippen LogP contribution in [0.5, 0.6) is 0 Å². The van der Waals surface area contributed by atoms with Crippen LogP contribution in [-0.2, 0) is 11.3 Å². The summed E-state index contributed by atoms with van der Waals surface area (Å²) >= 11 is 0. The van der Waals surface area contributed by atoms with E-state index in [1.807, 2.05) is 25.1 Å². The number of carbonyl (C=O) groups excluding carboxylic acids is 2. The van der Waals surface area contributed by atoms with Crippen molar-refractivity contribution in [1.82, 2.24) is 9.97 Å². The average molecular weight is 389 g/mol. The highest BCUT2D eigenvalue weighted by Crippen LogP contribution is 2.17. The number of carbonyl (C=O) groups is 2. The molecule has 3 rings (SSSR count). The number of rotatable bonds is 7. The fraction of sp³-hybridized carbons (Fsp3) is 0.182. The zero-order valence-electron chi connectivity index (χ0n) is 16.4. The van der Waals surface area contributed by atoms with Crippen LogP contribution in [0.1, 0.15) is 29.9 Å². The van der Waals surface area contributed by atoms with Crippen LogP contribution in [0.25, 0.3) is 0 Å². The molecular formula is C22H23N5O2. The molecule has 0 radical (unpaired) electrons. The van der Waals surface area contributed by atoms with Crippen LogP contribution in [0.2, 0.25) is 0 Å². The second kappa shape index (κ2) is 9.45. The minimum atomic E-state index is -0.366. The predicted octanol–water partition coefficient (Wildman–Crippen LogP) is 3.71. The van der Waals surface area contributed by atoms with Crippen molar-refractivity contribution in [3.63, 3.8) is 0 Å². The average Bonchev–Trinajstić information content (AvgIpc) is 2.72. The molecule has 0 bridgehead atoms. The number of anilines is 3. The lowest BCUT2D eigenvalue weighted by Gasteiger charge is -2.21. The molecule has 7 nitrogen and oxygen atoms in total. The quantitative estimate of drug-likeness (QED) is 0.643. The van der Waals surface area contributed by atoms with E-state index in [0.717, 1.165) is 6.54 Å². The van der Waals surface area contributed by atoms with E-state index in [9.17, 15) is 9.59 Å². The highest BCUT2D eigenvalue weighted by atomic mass is 16.2. The molecule has 1 heterocycles. The van der Waals surface area contributed by atoms with E-state index in [1.54, 1.807) is 30.5 Å². The lowest BCUT2D eigenvalue weighted by atomic mass is 10.2. The van der Waals surface area contributed by atoms with Gasteiger partial charge in [0, 0.05) is 31.4 Å². The first-order chi connectivity index (χ1) is 14.0. The lowest BCUT2D eigenvalue weighted by Crippen LogP contribution is -2.24. The molecule has 2 amide bonds. The Bertz CT molecular complexity index is 974. The zero-order chi connectivity index (χ0) is 20.6. The molecule has 0 spiro atoms. The van der Waals surface area contributed by atoms with E-state index in [1.165, 1.54) is 18.7 Å². The molecule has 0 saturated carbocycles. The van der Waals surface area contributed by atoms with Gasteiger partial charge in [-0.1, -0.05) is 36.4 Å². The lowest BCUT2D eigenvalue weighted by molar-refractivity contribution is -0.114. The first kappa shape index (κ1) is 20.0. The molecule has 0 atom stereocenters. The van der Waals surface area contributed by atoms with Gasteiger partial charge in [-0.2, -0.15) is 0 Å². The van der Waals surface area contributed by atoms with E-state index in [0.29, 0.717) is 23.7 Å². The Morgan fingerprint density at radius 1 is 0.931 bits per heavy atom. The third-order valence-electron chi connectivity index (χ3n) is 4.23. The summed E-state index contributed by atoms with van der Waals surface area (Å²) in [6, 6.07) is 17.0. The third kappa shape index (κ3) is 5.62. The summed E-state index contributed by atoms with van der Waals surface area (Å²) in [6.45, 7) is 4.96. The summed E-state index contributed by atoms with van der Waals surface area (Å²) in [5.74, 6) is 0.168. The maximum atomic E-state index is 12.5. The minimum Gasteiger partial charge on any atom is -0.351 e. The largest absolute Gasteiger partial charge is 0.351 e. The molecule has 2 aromatic carbocycles. The first-order valence-corrected chi connectivity index (χ1v) is 9.35. The van der Waals surface area contributed by atoms with Gasteiger partial charge in [0.15, 0.2) is 0 Å². The predicted molar refractivity (Wildman–Crippen MR) is 114 cm³/mol. The summed E-state index contributed by atoms with van der Waals surface area (Å²) in [6.07, 6.45) is 3.07. The van der Waals surface area contributed by atoms with Crippen molar-refractivity contribution in [2.45, 2.75) is 20.4 Å². The molecule has 0 aliphatic carbocycles. The minimum absolute atomic E-state index is 0.175. The molecule has 0 saturated heterocycles. The highest BCUT2D eigenvalue weighted by Gasteiger charge is 2.12. The van der Waals surface area contributed by atoms with E-state index in [4.69, 9.17) is 0 Å². The maximum Gasteiger partial charge on any atom is 0.275 e. The van der Waals surface area contributed by atoms with Crippen LogP contribution < -0.4 is 15.5 Å². The van der Waals surface area contributed by atoms with Gasteiger partial charge in [0.2, 0.25) is 5.91 Å². The van der Waals surface area contributed by atoms with Crippen molar-refractivity contribution in [2.75, 3.05) is 22.1 Å². The topological polar surface area (TPSA) is 87.2 Å².